The number of hydrogen-bond acceptors (Lipinski definition) is 3. The zero-order valence-electron chi connectivity index (χ0n) is 13.0. The molecule has 128 valence electrons. The van der Waals surface area contributed by atoms with Crippen LogP contribution in [0.2, 0.25) is 5.02 Å². The minimum absolute atomic E-state index is 0.0541. The molecule has 1 amide bonds. The summed E-state index contributed by atoms with van der Waals surface area (Å²) in [5, 5.41) is 3.28. The molecule has 0 unspecified atom stereocenters. The highest BCUT2D eigenvalue weighted by molar-refractivity contribution is 7.89. The average Bonchev–Trinajstić information content (AvgIpc) is 2.59. The van der Waals surface area contributed by atoms with Gasteiger partial charge in [-0.05, 0) is 29.7 Å². The van der Waals surface area contributed by atoms with Crippen molar-refractivity contribution in [3.63, 3.8) is 0 Å². The molecule has 0 saturated carbocycles. The molecule has 0 bridgehead atoms. The van der Waals surface area contributed by atoms with Crippen LogP contribution in [0.1, 0.15) is 11.1 Å². The van der Waals surface area contributed by atoms with E-state index in [-0.39, 0.29) is 18.2 Å². The Balaban J connectivity index is 1.72. The van der Waals surface area contributed by atoms with Gasteiger partial charge in [0, 0.05) is 11.6 Å². The van der Waals surface area contributed by atoms with E-state index in [9.17, 15) is 13.2 Å². The summed E-state index contributed by atoms with van der Waals surface area (Å²) in [6, 6.07) is 16.4. The maximum atomic E-state index is 11.9. The van der Waals surface area contributed by atoms with Gasteiger partial charge in [0.2, 0.25) is 15.9 Å². The maximum absolute atomic E-state index is 11.9. The third-order valence-electron chi connectivity index (χ3n) is 3.36. The van der Waals surface area contributed by atoms with Crippen molar-refractivity contribution in [3.8, 4) is 0 Å². The van der Waals surface area contributed by atoms with Gasteiger partial charge in [-0.1, -0.05) is 54.1 Å². The smallest absolute Gasteiger partial charge is 0.235 e. The zero-order chi connectivity index (χ0) is 17.4. The van der Waals surface area contributed by atoms with E-state index in [0.29, 0.717) is 18.0 Å². The summed E-state index contributed by atoms with van der Waals surface area (Å²) in [6.07, 6.45) is 0.405. The molecule has 2 aromatic carbocycles. The number of hydrogen-bond donors (Lipinski definition) is 2. The monoisotopic (exact) mass is 366 g/mol. The van der Waals surface area contributed by atoms with E-state index in [0.717, 1.165) is 11.1 Å². The molecule has 7 heteroatoms. The summed E-state index contributed by atoms with van der Waals surface area (Å²) in [7, 11) is -3.49. The van der Waals surface area contributed by atoms with Crippen LogP contribution < -0.4 is 10.0 Å². The lowest BCUT2D eigenvalue weighted by molar-refractivity contribution is -0.120. The number of carbonyl (C=O) groups excluding carboxylic acids is 1. The molecule has 0 aliphatic rings. The molecule has 0 aliphatic heterocycles. The number of halogens is 1. The van der Waals surface area contributed by atoms with Gasteiger partial charge >= 0.3 is 0 Å². The summed E-state index contributed by atoms with van der Waals surface area (Å²) in [5.74, 6) is -0.435. The van der Waals surface area contributed by atoms with Crippen LogP contribution in [0.3, 0.4) is 0 Å². The normalized spacial score (nSPS) is 11.2. The van der Waals surface area contributed by atoms with E-state index in [1.54, 1.807) is 24.3 Å². The number of amides is 1. The first kappa shape index (κ1) is 18.4. The van der Waals surface area contributed by atoms with E-state index in [1.165, 1.54) is 0 Å². The highest BCUT2D eigenvalue weighted by Gasteiger charge is 2.12. The molecular formula is C17H19ClN2O3S. The zero-order valence-corrected chi connectivity index (χ0v) is 14.6. The van der Waals surface area contributed by atoms with Crippen molar-refractivity contribution in [3.05, 3.63) is 70.7 Å². The molecule has 5 nitrogen and oxygen atoms in total. The summed E-state index contributed by atoms with van der Waals surface area (Å²) < 4.78 is 26.1. The minimum atomic E-state index is -3.49. The molecule has 2 aromatic rings. The highest BCUT2D eigenvalue weighted by atomic mass is 35.5. The topological polar surface area (TPSA) is 75.3 Å². The lowest BCUT2D eigenvalue weighted by Crippen LogP contribution is -2.37. The predicted octanol–water partition coefficient (Wildman–Crippen LogP) is 2.12. The Hall–Kier alpha value is -1.89. The molecular weight excluding hydrogens is 348 g/mol. The second-order valence-corrected chi connectivity index (χ2v) is 7.64. The Labute approximate surface area is 147 Å². The van der Waals surface area contributed by atoms with Gasteiger partial charge in [-0.2, -0.15) is 0 Å². The van der Waals surface area contributed by atoms with Gasteiger partial charge in [-0.15, -0.1) is 0 Å². The first-order chi connectivity index (χ1) is 11.4. The van der Waals surface area contributed by atoms with Gasteiger partial charge < -0.3 is 5.32 Å². The van der Waals surface area contributed by atoms with Crippen LogP contribution in [0.5, 0.6) is 0 Å². The molecule has 0 fully saturated rings. The molecule has 0 aromatic heterocycles. The molecule has 0 saturated heterocycles. The van der Waals surface area contributed by atoms with E-state index >= 15 is 0 Å². The Morgan fingerprint density at radius 2 is 1.62 bits per heavy atom. The molecule has 24 heavy (non-hydrogen) atoms. The molecule has 0 radical (unpaired) electrons. The molecule has 0 heterocycles. The average molecular weight is 367 g/mol. The lowest BCUT2D eigenvalue weighted by Gasteiger charge is -2.08. The van der Waals surface area contributed by atoms with Crippen molar-refractivity contribution < 1.29 is 13.2 Å². The van der Waals surface area contributed by atoms with Crippen molar-refractivity contribution in [2.45, 2.75) is 13.0 Å². The fourth-order valence-corrected chi connectivity index (χ4v) is 3.14. The number of rotatable bonds is 8. The Kier molecular flexibility index (Phi) is 6.78. The van der Waals surface area contributed by atoms with Crippen LogP contribution in [-0.2, 0) is 27.8 Å². The minimum Gasteiger partial charge on any atom is -0.351 e. The lowest BCUT2D eigenvalue weighted by atomic mass is 10.2. The van der Waals surface area contributed by atoms with Gasteiger partial charge in [0.1, 0.15) is 0 Å². The van der Waals surface area contributed by atoms with Crippen LogP contribution in [0.25, 0.3) is 0 Å². The van der Waals surface area contributed by atoms with Crippen molar-refractivity contribution in [1.29, 1.82) is 0 Å². The molecule has 0 spiro atoms. The number of nitrogens with one attached hydrogen (secondary N) is 2. The number of sulfonamides is 1. The third kappa shape index (κ3) is 6.70. The van der Waals surface area contributed by atoms with Crippen molar-refractivity contribution in [2.75, 3.05) is 12.3 Å². The number of benzene rings is 2. The van der Waals surface area contributed by atoms with Gasteiger partial charge in [0.25, 0.3) is 0 Å². The Morgan fingerprint density at radius 3 is 2.29 bits per heavy atom. The van der Waals surface area contributed by atoms with Crippen LogP contribution in [0.15, 0.2) is 54.6 Å². The first-order valence-corrected chi connectivity index (χ1v) is 9.50. The fourth-order valence-electron chi connectivity index (χ4n) is 2.01. The van der Waals surface area contributed by atoms with E-state index in [2.05, 4.69) is 10.0 Å². The van der Waals surface area contributed by atoms with Gasteiger partial charge in [0.15, 0.2) is 0 Å². The standard InChI is InChI=1S/C17H19ClN2O3S/c18-16-8-6-15(7-9-16)12-19-17(21)13-20-24(22,23)11-10-14-4-2-1-3-5-14/h1-9,20H,10-13H2,(H,19,21). The first-order valence-electron chi connectivity index (χ1n) is 7.47. The summed E-state index contributed by atoms with van der Waals surface area (Å²) >= 11 is 5.78. The van der Waals surface area contributed by atoms with Gasteiger partial charge in [0.05, 0.1) is 12.3 Å². The van der Waals surface area contributed by atoms with Gasteiger partial charge in [-0.25, -0.2) is 13.1 Å². The second-order valence-electron chi connectivity index (χ2n) is 5.28. The third-order valence-corrected chi connectivity index (χ3v) is 4.94. The van der Waals surface area contributed by atoms with Crippen molar-refractivity contribution >= 4 is 27.5 Å². The van der Waals surface area contributed by atoms with E-state index in [1.807, 2.05) is 30.3 Å². The van der Waals surface area contributed by atoms with Crippen molar-refractivity contribution in [1.82, 2.24) is 10.0 Å². The van der Waals surface area contributed by atoms with Crippen LogP contribution in [-0.4, -0.2) is 26.6 Å². The Bertz CT molecular complexity index is 762. The maximum Gasteiger partial charge on any atom is 0.235 e. The van der Waals surface area contributed by atoms with Crippen LogP contribution in [0.4, 0.5) is 0 Å². The highest BCUT2D eigenvalue weighted by Crippen LogP contribution is 2.09. The molecule has 2 N–H and O–H groups in total. The van der Waals surface area contributed by atoms with E-state index in [4.69, 9.17) is 11.6 Å². The number of carbonyl (C=O) groups is 1. The van der Waals surface area contributed by atoms with Crippen LogP contribution in [0, 0.1) is 0 Å². The molecule has 0 aliphatic carbocycles. The second kappa shape index (κ2) is 8.82. The fraction of sp³-hybridized carbons (Fsp3) is 0.235. The van der Waals surface area contributed by atoms with Crippen LogP contribution >= 0.6 is 11.6 Å². The summed E-state index contributed by atoms with van der Waals surface area (Å²) in [4.78, 5) is 11.7. The quantitative estimate of drug-likeness (QED) is 0.751. The molecule has 2 rings (SSSR count). The Morgan fingerprint density at radius 1 is 0.958 bits per heavy atom. The number of aryl methyl sites for hydroxylation is 1. The van der Waals surface area contributed by atoms with E-state index < -0.39 is 10.0 Å². The summed E-state index contributed by atoms with van der Waals surface area (Å²) in [5.41, 5.74) is 1.83. The predicted molar refractivity (Wildman–Crippen MR) is 95.2 cm³/mol. The summed E-state index contributed by atoms with van der Waals surface area (Å²) in [6.45, 7) is 0.0481. The molecule has 0 atom stereocenters. The SMILES string of the molecule is O=C(CNS(=O)(=O)CCc1ccccc1)NCc1ccc(Cl)cc1. The van der Waals surface area contributed by atoms with Crippen molar-refractivity contribution in [2.24, 2.45) is 0 Å². The largest absolute Gasteiger partial charge is 0.351 e. The van der Waals surface area contributed by atoms with Gasteiger partial charge in [-0.3, -0.25) is 4.79 Å².